The first-order valence-corrected chi connectivity index (χ1v) is 10.9. The predicted molar refractivity (Wildman–Crippen MR) is 121 cm³/mol. The highest BCUT2D eigenvalue weighted by Crippen LogP contribution is 2.25. The Labute approximate surface area is 176 Å². The average molecular weight is 391 g/mol. The Balaban J connectivity index is 1.64. The van der Waals surface area contributed by atoms with E-state index in [2.05, 4.69) is 60.0 Å². The van der Waals surface area contributed by atoms with E-state index in [0.717, 1.165) is 37.2 Å². The van der Waals surface area contributed by atoms with Crippen LogP contribution in [0.25, 0.3) is 0 Å². The molecular weight excluding hydrogens is 356 g/mol. The van der Waals surface area contributed by atoms with Crippen molar-refractivity contribution in [2.45, 2.75) is 38.2 Å². The number of rotatable bonds is 8. The van der Waals surface area contributed by atoms with E-state index >= 15 is 0 Å². The molecule has 3 heteroatoms. The van der Waals surface area contributed by atoms with Crippen LogP contribution in [0.4, 0.5) is 0 Å². The van der Waals surface area contributed by atoms with Gasteiger partial charge in [-0.1, -0.05) is 48.6 Å². The summed E-state index contributed by atoms with van der Waals surface area (Å²) in [5, 5.41) is 0. The molecular formula is C26H34N2O. The zero-order valence-corrected chi connectivity index (χ0v) is 17.9. The van der Waals surface area contributed by atoms with Gasteiger partial charge in [0, 0.05) is 31.5 Å². The highest BCUT2D eigenvalue weighted by atomic mass is 16.5. The molecule has 3 rings (SSSR count). The summed E-state index contributed by atoms with van der Waals surface area (Å²) < 4.78 is 6.33. The molecule has 1 unspecified atom stereocenters. The van der Waals surface area contributed by atoms with Gasteiger partial charge in [0.25, 0.3) is 0 Å². The number of hydrogen-bond donors (Lipinski definition) is 0. The molecule has 0 spiro atoms. The normalized spacial score (nSPS) is 15.6. The first kappa shape index (κ1) is 21.4. The summed E-state index contributed by atoms with van der Waals surface area (Å²) in [5.41, 5.74) is 2.27. The van der Waals surface area contributed by atoms with Crippen LogP contribution in [0.15, 0.2) is 54.6 Å². The molecule has 1 saturated heterocycles. The molecule has 1 heterocycles. The summed E-state index contributed by atoms with van der Waals surface area (Å²) in [6.45, 7) is 4.54. The molecule has 3 nitrogen and oxygen atoms in total. The van der Waals surface area contributed by atoms with Gasteiger partial charge in [-0.2, -0.15) is 0 Å². The lowest BCUT2D eigenvalue weighted by Crippen LogP contribution is -2.30. The van der Waals surface area contributed by atoms with Gasteiger partial charge in [0.1, 0.15) is 11.9 Å². The number of benzene rings is 2. The highest BCUT2D eigenvalue weighted by molar-refractivity contribution is 5.38. The van der Waals surface area contributed by atoms with Gasteiger partial charge in [-0.15, -0.1) is 0 Å². The molecule has 1 atom stereocenters. The Morgan fingerprint density at radius 1 is 1.00 bits per heavy atom. The number of likely N-dealkylation sites (tertiary alicyclic amines) is 1. The van der Waals surface area contributed by atoms with Crippen LogP contribution < -0.4 is 4.74 Å². The highest BCUT2D eigenvalue weighted by Gasteiger charge is 2.14. The molecule has 154 valence electrons. The number of nitrogens with zero attached hydrogens (tertiary/aromatic N) is 2. The summed E-state index contributed by atoms with van der Waals surface area (Å²) in [6, 6.07) is 18.6. The maximum Gasteiger partial charge on any atom is 0.125 e. The maximum absolute atomic E-state index is 6.33. The third-order valence-corrected chi connectivity index (χ3v) is 5.35. The van der Waals surface area contributed by atoms with Crippen molar-refractivity contribution >= 4 is 0 Å². The lowest BCUT2D eigenvalue weighted by molar-refractivity contribution is 0.179. The third-order valence-electron chi connectivity index (χ3n) is 5.35. The molecule has 0 bridgehead atoms. The summed E-state index contributed by atoms with van der Waals surface area (Å²) in [7, 11) is 4.20. The predicted octanol–water partition coefficient (Wildman–Crippen LogP) is 4.99. The van der Waals surface area contributed by atoms with E-state index in [9.17, 15) is 0 Å². The Morgan fingerprint density at radius 3 is 2.55 bits per heavy atom. The monoisotopic (exact) mass is 390 g/mol. The van der Waals surface area contributed by atoms with Crippen molar-refractivity contribution in [1.82, 2.24) is 9.80 Å². The number of hydrogen-bond acceptors (Lipinski definition) is 3. The van der Waals surface area contributed by atoms with Gasteiger partial charge in [0.15, 0.2) is 0 Å². The molecule has 0 amide bonds. The molecule has 0 radical (unpaired) electrons. The van der Waals surface area contributed by atoms with Crippen molar-refractivity contribution in [3.8, 4) is 17.6 Å². The number of piperidine rings is 1. The maximum atomic E-state index is 6.33. The van der Waals surface area contributed by atoms with E-state index < -0.39 is 0 Å². The minimum atomic E-state index is 0.0231. The molecule has 1 aliphatic rings. The lowest BCUT2D eigenvalue weighted by atomic mass is 10.0. The minimum absolute atomic E-state index is 0.0231. The van der Waals surface area contributed by atoms with Crippen molar-refractivity contribution < 1.29 is 4.74 Å². The van der Waals surface area contributed by atoms with E-state index in [4.69, 9.17) is 4.74 Å². The van der Waals surface area contributed by atoms with Crippen molar-refractivity contribution in [3.63, 3.8) is 0 Å². The minimum Gasteiger partial charge on any atom is -0.486 e. The Hall–Kier alpha value is -2.28. The van der Waals surface area contributed by atoms with E-state index in [1.165, 1.54) is 37.9 Å². The first-order chi connectivity index (χ1) is 14.2. The number of para-hydroxylation sites is 1. The average Bonchev–Trinajstić information content (AvgIpc) is 2.76. The summed E-state index contributed by atoms with van der Waals surface area (Å²) >= 11 is 0. The molecule has 1 aliphatic heterocycles. The van der Waals surface area contributed by atoms with Crippen LogP contribution in [0.3, 0.4) is 0 Å². The van der Waals surface area contributed by atoms with Crippen LogP contribution in [0.5, 0.6) is 5.75 Å². The quantitative estimate of drug-likeness (QED) is 0.591. The SMILES string of the molecule is CN(C)CCC(Oc1ccccc1)c1cccc(C#CCCN2CCCCC2)c1. The topological polar surface area (TPSA) is 15.7 Å². The second-order valence-corrected chi connectivity index (χ2v) is 8.09. The molecule has 1 fully saturated rings. The van der Waals surface area contributed by atoms with Crippen molar-refractivity contribution in [2.75, 3.05) is 40.3 Å². The first-order valence-electron chi connectivity index (χ1n) is 10.9. The summed E-state index contributed by atoms with van der Waals surface area (Å²) in [6.07, 6.45) is 5.96. The molecule has 29 heavy (non-hydrogen) atoms. The van der Waals surface area contributed by atoms with E-state index in [-0.39, 0.29) is 6.10 Å². The molecule has 2 aromatic carbocycles. The second kappa shape index (κ2) is 11.7. The van der Waals surface area contributed by atoms with Crippen molar-refractivity contribution in [1.29, 1.82) is 0 Å². The van der Waals surface area contributed by atoms with Gasteiger partial charge in [-0.3, -0.25) is 0 Å². The van der Waals surface area contributed by atoms with Crippen LogP contribution in [-0.4, -0.2) is 50.1 Å². The fourth-order valence-electron chi connectivity index (χ4n) is 3.71. The van der Waals surface area contributed by atoms with Crippen LogP contribution >= 0.6 is 0 Å². The van der Waals surface area contributed by atoms with Gasteiger partial charge in [-0.25, -0.2) is 0 Å². The molecule has 0 aliphatic carbocycles. The van der Waals surface area contributed by atoms with Gasteiger partial charge in [0.2, 0.25) is 0 Å². The van der Waals surface area contributed by atoms with Crippen LogP contribution in [0, 0.1) is 11.8 Å². The van der Waals surface area contributed by atoms with Gasteiger partial charge in [-0.05, 0) is 69.9 Å². The van der Waals surface area contributed by atoms with Crippen LogP contribution in [-0.2, 0) is 0 Å². The zero-order chi connectivity index (χ0) is 20.3. The van der Waals surface area contributed by atoms with Gasteiger partial charge in [0.05, 0.1) is 0 Å². The van der Waals surface area contributed by atoms with E-state index in [1.54, 1.807) is 0 Å². The van der Waals surface area contributed by atoms with Gasteiger partial charge >= 0.3 is 0 Å². The standard InChI is InChI=1S/C26H34N2O/c1-27(2)21-17-26(29-25-15-5-3-6-16-25)24-14-11-13-23(22-24)12-7-10-20-28-18-8-4-9-19-28/h3,5-6,11,13-16,22,26H,4,8-10,17-21H2,1-2H3. The largest absolute Gasteiger partial charge is 0.486 e. The number of ether oxygens (including phenoxy) is 1. The van der Waals surface area contributed by atoms with Crippen LogP contribution in [0.1, 0.15) is 49.3 Å². The molecule has 0 saturated carbocycles. The molecule has 2 aromatic rings. The van der Waals surface area contributed by atoms with E-state index in [0.29, 0.717) is 0 Å². The smallest absolute Gasteiger partial charge is 0.125 e. The second-order valence-electron chi connectivity index (χ2n) is 8.09. The lowest BCUT2D eigenvalue weighted by Gasteiger charge is -2.25. The van der Waals surface area contributed by atoms with Crippen molar-refractivity contribution in [2.24, 2.45) is 0 Å². The van der Waals surface area contributed by atoms with Crippen LogP contribution in [0.2, 0.25) is 0 Å². The van der Waals surface area contributed by atoms with E-state index in [1.807, 2.05) is 30.3 Å². The Morgan fingerprint density at radius 2 is 1.79 bits per heavy atom. The Bertz CT molecular complexity index is 785. The van der Waals surface area contributed by atoms with Crippen molar-refractivity contribution in [3.05, 3.63) is 65.7 Å². The van der Waals surface area contributed by atoms with Gasteiger partial charge < -0.3 is 14.5 Å². The summed E-state index contributed by atoms with van der Waals surface area (Å²) in [5.74, 6) is 7.65. The fraction of sp³-hybridized carbons (Fsp3) is 0.462. The summed E-state index contributed by atoms with van der Waals surface area (Å²) in [4.78, 5) is 4.74. The molecule has 0 aromatic heterocycles. The third kappa shape index (κ3) is 7.57. The zero-order valence-electron chi connectivity index (χ0n) is 17.9. The fourth-order valence-corrected chi connectivity index (χ4v) is 3.71. The Kier molecular flexibility index (Phi) is 8.61. The molecule has 0 N–H and O–H groups in total.